The molecular formula is C24H24ClN3O2. The number of hydrogen-bond acceptors (Lipinski definition) is 2. The summed E-state index contributed by atoms with van der Waals surface area (Å²) in [4.78, 5) is 27.4. The van der Waals surface area contributed by atoms with Crippen molar-refractivity contribution in [2.24, 2.45) is 0 Å². The monoisotopic (exact) mass is 421 g/mol. The molecule has 154 valence electrons. The second-order valence-corrected chi connectivity index (χ2v) is 8.03. The predicted molar refractivity (Wildman–Crippen MR) is 121 cm³/mol. The van der Waals surface area contributed by atoms with Crippen molar-refractivity contribution in [3.8, 4) is 0 Å². The number of amides is 3. The molecule has 0 bridgehead atoms. The first-order valence-electron chi connectivity index (χ1n) is 10.2. The first-order valence-corrected chi connectivity index (χ1v) is 10.6. The zero-order valence-electron chi connectivity index (χ0n) is 16.6. The topological polar surface area (TPSA) is 61.4 Å². The number of nitrogens with zero attached hydrogens (tertiary/aromatic N) is 1. The number of urea groups is 1. The number of carbonyl (C=O) groups excluding carboxylic acids is 2. The summed E-state index contributed by atoms with van der Waals surface area (Å²) in [6, 6.07) is 20.3. The molecule has 3 amide bonds. The molecule has 0 saturated carbocycles. The van der Waals surface area contributed by atoms with E-state index in [0.717, 1.165) is 29.2 Å². The summed E-state index contributed by atoms with van der Waals surface area (Å²) in [5, 5.41) is 8.53. The number of benzene rings is 3. The Morgan fingerprint density at radius 2 is 1.83 bits per heavy atom. The summed E-state index contributed by atoms with van der Waals surface area (Å²) in [5.74, 6) is -0.0545. The van der Waals surface area contributed by atoms with E-state index in [1.807, 2.05) is 66.7 Å². The first-order chi connectivity index (χ1) is 14.6. The highest BCUT2D eigenvalue weighted by atomic mass is 35.5. The van der Waals surface area contributed by atoms with E-state index in [9.17, 15) is 9.59 Å². The van der Waals surface area contributed by atoms with Gasteiger partial charge in [-0.3, -0.25) is 4.79 Å². The van der Waals surface area contributed by atoms with E-state index in [0.29, 0.717) is 30.2 Å². The highest BCUT2D eigenvalue weighted by Gasteiger charge is 2.28. The van der Waals surface area contributed by atoms with Gasteiger partial charge in [-0.2, -0.15) is 0 Å². The third-order valence-electron chi connectivity index (χ3n) is 5.36. The molecule has 1 saturated heterocycles. The summed E-state index contributed by atoms with van der Waals surface area (Å²) in [6.07, 6.45) is 2.44. The van der Waals surface area contributed by atoms with Gasteiger partial charge in [0.2, 0.25) is 5.91 Å². The predicted octanol–water partition coefficient (Wildman–Crippen LogP) is 5.20. The van der Waals surface area contributed by atoms with Crippen molar-refractivity contribution in [1.29, 1.82) is 0 Å². The molecule has 1 unspecified atom stereocenters. The van der Waals surface area contributed by atoms with Gasteiger partial charge in [-0.1, -0.05) is 54.1 Å². The van der Waals surface area contributed by atoms with Gasteiger partial charge in [-0.25, -0.2) is 4.79 Å². The maximum atomic E-state index is 13.0. The minimum absolute atomic E-state index is 0.0545. The number of nitrogens with one attached hydrogen (secondary N) is 2. The van der Waals surface area contributed by atoms with Crippen LogP contribution >= 0.6 is 11.6 Å². The fraction of sp³-hybridized carbons (Fsp3) is 0.250. The number of anilines is 1. The van der Waals surface area contributed by atoms with Gasteiger partial charge < -0.3 is 15.5 Å². The van der Waals surface area contributed by atoms with Crippen molar-refractivity contribution in [1.82, 2.24) is 10.2 Å². The third kappa shape index (κ3) is 4.92. The van der Waals surface area contributed by atoms with Crippen LogP contribution in [-0.2, 0) is 11.3 Å². The number of likely N-dealkylation sites (tertiary alicyclic amines) is 1. The maximum absolute atomic E-state index is 13.0. The summed E-state index contributed by atoms with van der Waals surface area (Å²) < 4.78 is 0. The fourth-order valence-corrected chi connectivity index (χ4v) is 4.06. The van der Waals surface area contributed by atoms with E-state index in [1.54, 1.807) is 4.90 Å². The minimum Gasteiger partial charge on any atom is -0.337 e. The summed E-state index contributed by atoms with van der Waals surface area (Å²) >= 11 is 6.07. The molecule has 2 N–H and O–H groups in total. The molecule has 5 nitrogen and oxygen atoms in total. The molecular weight excluding hydrogens is 398 g/mol. The van der Waals surface area contributed by atoms with Crippen LogP contribution in [0.25, 0.3) is 10.8 Å². The smallest absolute Gasteiger partial charge is 0.319 e. The molecule has 6 heteroatoms. The van der Waals surface area contributed by atoms with Crippen molar-refractivity contribution >= 4 is 40.0 Å². The van der Waals surface area contributed by atoms with Gasteiger partial charge >= 0.3 is 6.03 Å². The lowest BCUT2D eigenvalue weighted by Crippen LogP contribution is -2.48. The van der Waals surface area contributed by atoms with Crippen LogP contribution in [0.3, 0.4) is 0 Å². The van der Waals surface area contributed by atoms with Crippen molar-refractivity contribution < 1.29 is 9.59 Å². The molecule has 1 atom stereocenters. The standard InChI is InChI=1S/C24H24ClN3O2/c25-20-9-5-6-17(14-20)16-28-13-4-3-10-22(23(28)29)27-24(30)26-21-12-11-18-7-1-2-8-19(18)15-21/h1-2,5-9,11-12,14-15,22H,3-4,10,13,16H2,(H2,26,27,30). The van der Waals surface area contributed by atoms with Crippen LogP contribution in [0, 0.1) is 0 Å². The summed E-state index contributed by atoms with van der Waals surface area (Å²) in [5.41, 5.74) is 1.68. The van der Waals surface area contributed by atoms with Crippen LogP contribution in [0.15, 0.2) is 66.7 Å². The Bertz CT molecular complexity index is 1070. The summed E-state index contributed by atoms with van der Waals surface area (Å²) in [7, 11) is 0. The second-order valence-electron chi connectivity index (χ2n) is 7.60. The molecule has 0 radical (unpaired) electrons. The van der Waals surface area contributed by atoms with Crippen LogP contribution in [0.1, 0.15) is 24.8 Å². The van der Waals surface area contributed by atoms with Crippen LogP contribution < -0.4 is 10.6 Å². The van der Waals surface area contributed by atoms with E-state index in [2.05, 4.69) is 10.6 Å². The zero-order valence-corrected chi connectivity index (χ0v) is 17.4. The molecule has 3 aromatic carbocycles. The Morgan fingerprint density at radius 3 is 2.67 bits per heavy atom. The second kappa shape index (κ2) is 9.18. The van der Waals surface area contributed by atoms with Crippen molar-refractivity contribution in [2.45, 2.75) is 31.8 Å². The Kier molecular flexibility index (Phi) is 6.19. The Balaban J connectivity index is 1.41. The van der Waals surface area contributed by atoms with Gasteiger partial charge in [0.05, 0.1) is 0 Å². The molecule has 1 fully saturated rings. The van der Waals surface area contributed by atoms with Crippen molar-refractivity contribution in [3.05, 3.63) is 77.3 Å². The Hall–Kier alpha value is -3.05. The average Bonchev–Trinajstić information content (AvgIpc) is 2.90. The number of carbonyl (C=O) groups is 2. The third-order valence-corrected chi connectivity index (χ3v) is 5.59. The van der Waals surface area contributed by atoms with E-state index in [4.69, 9.17) is 11.6 Å². The highest BCUT2D eigenvalue weighted by Crippen LogP contribution is 2.20. The maximum Gasteiger partial charge on any atom is 0.319 e. The lowest BCUT2D eigenvalue weighted by molar-refractivity contribution is -0.133. The molecule has 4 rings (SSSR count). The largest absolute Gasteiger partial charge is 0.337 e. The van der Waals surface area contributed by atoms with Crippen molar-refractivity contribution in [3.63, 3.8) is 0 Å². The molecule has 30 heavy (non-hydrogen) atoms. The highest BCUT2D eigenvalue weighted by molar-refractivity contribution is 6.30. The molecule has 0 spiro atoms. The number of hydrogen-bond donors (Lipinski definition) is 2. The summed E-state index contributed by atoms with van der Waals surface area (Å²) in [6.45, 7) is 1.17. The minimum atomic E-state index is -0.535. The zero-order chi connectivity index (χ0) is 20.9. The van der Waals surface area contributed by atoms with Gasteiger partial charge in [0.15, 0.2) is 0 Å². The first kappa shape index (κ1) is 20.2. The van der Waals surface area contributed by atoms with Gasteiger partial charge in [0.1, 0.15) is 6.04 Å². The molecule has 1 aliphatic rings. The quantitative estimate of drug-likeness (QED) is 0.608. The van der Waals surface area contributed by atoms with Crippen LogP contribution in [0.5, 0.6) is 0 Å². The van der Waals surface area contributed by atoms with E-state index in [1.165, 1.54) is 0 Å². The lowest BCUT2D eigenvalue weighted by Gasteiger charge is -2.25. The Labute approximate surface area is 181 Å². The van der Waals surface area contributed by atoms with E-state index >= 15 is 0 Å². The van der Waals surface area contributed by atoms with E-state index < -0.39 is 6.04 Å². The van der Waals surface area contributed by atoms with Gasteiger partial charge in [-0.15, -0.1) is 0 Å². The molecule has 1 heterocycles. The Morgan fingerprint density at radius 1 is 1.00 bits per heavy atom. The number of halogens is 1. The molecule has 1 aliphatic heterocycles. The average molecular weight is 422 g/mol. The van der Waals surface area contributed by atoms with Gasteiger partial charge in [-0.05, 0) is 59.9 Å². The van der Waals surface area contributed by atoms with Gasteiger partial charge in [0, 0.05) is 23.8 Å². The van der Waals surface area contributed by atoms with Crippen molar-refractivity contribution in [2.75, 3.05) is 11.9 Å². The SMILES string of the molecule is O=C(Nc1ccc2ccccc2c1)NC1CCCCN(Cc2cccc(Cl)c2)C1=O. The molecule has 3 aromatic rings. The van der Waals surface area contributed by atoms with Crippen LogP contribution in [-0.4, -0.2) is 29.4 Å². The van der Waals surface area contributed by atoms with Crippen LogP contribution in [0.2, 0.25) is 5.02 Å². The van der Waals surface area contributed by atoms with Gasteiger partial charge in [0.25, 0.3) is 0 Å². The number of rotatable bonds is 4. The fourth-order valence-electron chi connectivity index (χ4n) is 3.84. The molecule has 0 aromatic heterocycles. The van der Waals surface area contributed by atoms with E-state index in [-0.39, 0.29) is 11.9 Å². The number of fused-ring (bicyclic) bond motifs is 1. The normalized spacial score (nSPS) is 16.9. The lowest BCUT2D eigenvalue weighted by atomic mass is 10.1. The molecule has 0 aliphatic carbocycles. The van der Waals surface area contributed by atoms with Crippen LogP contribution in [0.4, 0.5) is 10.5 Å².